The van der Waals surface area contributed by atoms with Crippen LogP contribution in [0, 0.1) is 0 Å². The molecule has 1 fully saturated rings. The summed E-state index contributed by atoms with van der Waals surface area (Å²) < 4.78 is 22.1. The predicted octanol–water partition coefficient (Wildman–Crippen LogP) is 3.98. The Morgan fingerprint density at radius 2 is 1.39 bits per heavy atom. The molecule has 0 aromatic heterocycles. The molecule has 0 bridgehead atoms. The number of fused-ring (bicyclic) bond motifs is 1. The number of methoxy groups -OCH3 is 4. The van der Waals surface area contributed by atoms with Crippen molar-refractivity contribution in [1.29, 1.82) is 0 Å². The van der Waals surface area contributed by atoms with Crippen LogP contribution in [-0.4, -0.2) is 88.2 Å². The van der Waals surface area contributed by atoms with Crippen LogP contribution in [0.5, 0.6) is 23.0 Å². The Labute approximate surface area is 241 Å². The minimum Gasteiger partial charge on any atom is -0.493 e. The molecule has 0 radical (unpaired) electrons. The van der Waals surface area contributed by atoms with Crippen molar-refractivity contribution in [2.45, 2.75) is 18.5 Å². The lowest BCUT2D eigenvalue weighted by molar-refractivity contribution is -0.136. The molecule has 0 unspecified atom stereocenters. The Morgan fingerprint density at radius 1 is 0.780 bits per heavy atom. The van der Waals surface area contributed by atoms with E-state index < -0.39 is 12.0 Å². The van der Waals surface area contributed by atoms with Crippen molar-refractivity contribution in [3.63, 3.8) is 0 Å². The Morgan fingerprint density at radius 3 is 2.02 bits per heavy atom. The van der Waals surface area contributed by atoms with Crippen molar-refractivity contribution in [3.05, 3.63) is 82.9 Å². The van der Waals surface area contributed by atoms with Gasteiger partial charge in [0, 0.05) is 45.3 Å². The molecule has 3 aromatic carbocycles. The molecule has 2 aliphatic heterocycles. The van der Waals surface area contributed by atoms with Gasteiger partial charge in [-0.2, -0.15) is 0 Å². The molecule has 0 spiro atoms. The zero-order valence-electron chi connectivity index (χ0n) is 24.3. The SMILES string of the molecule is COc1ccc([C@@H]2[C@@H](C(=O)N3CCN(Cc4ccccc4)CC3)c3cc(OC)c(OC)cc3C(=O)N2C)cc1OC. The van der Waals surface area contributed by atoms with Crippen LogP contribution in [-0.2, 0) is 11.3 Å². The highest BCUT2D eigenvalue weighted by molar-refractivity contribution is 6.02. The first kappa shape index (κ1) is 28.3. The fraction of sp³-hybridized carbons (Fsp3) is 0.375. The lowest BCUT2D eigenvalue weighted by Gasteiger charge is -2.43. The normalized spacial score (nSPS) is 19.0. The van der Waals surface area contributed by atoms with Gasteiger partial charge in [0.2, 0.25) is 5.91 Å². The molecule has 9 nitrogen and oxygen atoms in total. The van der Waals surface area contributed by atoms with Crippen LogP contribution in [0.1, 0.15) is 39.0 Å². The smallest absolute Gasteiger partial charge is 0.254 e. The van der Waals surface area contributed by atoms with Crippen molar-refractivity contribution in [3.8, 4) is 23.0 Å². The number of ether oxygens (including phenoxy) is 4. The fourth-order valence-corrected chi connectivity index (χ4v) is 5.93. The van der Waals surface area contributed by atoms with E-state index >= 15 is 0 Å². The second kappa shape index (κ2) is 12.1. The molecule has 3 aromatic rings. The summed E-state index contributed by atoms with van der Waals surface area (Å²) in [5.74, 6) is 1.13. The van der Waals surface area contributed by atoms with E-state index in [1.54, 1.807) is 51.5 Å². The van der Waals surface area contributed by atoms with Crippen molar-refractivity contribution in [2.75, 3.05) is 61.7 Å². The van der Waals surface area contributed by atoms with E-state index in [4.69, 9.17) is 18.9 Å². The van der Waals surface area contributed by atoms with Gasteiger partial charge in [0.05, 0.1) is 40.4 Å². The Balaban J connectivity index is 1.52. The lowest BCUT2D eigenvalue weighted by Crippen LogP contribution is -2.52. The van der Waals surface area contributed by atoms with Crippen LogP contribution >= 0.6 is 0 Å². The van der Waals surface area contributed by atoms with Gasteiger partial charge >= 0.3 is 0 Å². The van der Waals surface area contributed by atoms with E-state index in [9.17, 15) is 9.59 Å². The summed E-state index contributed by atoms with van der Waals surface area (Å²) in [5.41, 5.74) is 3.09. The van der Waals surface area contributed by atoms with Crippen molar-refractivity contribution >= 4 is 11.8 Å². The van der Waals surface area contributed by atoms with Gasteiger partial charge in [-0.1, -0.05) is 36.4 Å². The van der Waals surface area contributed by atoms with E-state index in [-0.39, 0.29) is 11.8 Å². The van der Waals surface area contributed by atoms with Gasteiger partial charge in [-0.15, -0.1) is 0 Å². The molecule has 5 rings (SSSR count). The minimum absolute atomic E-state index is 0.0306. The van der Waals surface area contributed by atoms with E-state index in [2.05, 4.69) is 17.0 Å². The summed E-state index contributed by atoms with van der Waals surface area (Å²) in [6.45, 7) is 3.57. The van der Waals surface area contributed by atoms with Crippen LogP contribution in [0.4, 0.5) is 0 Å². The zero-order valence-corrected chi connectivity index (χ0v) is 24.3. The number of amides is 2. The number of carbonyl (C=O) groups excluding carboxylic acids is 2. The van der Waals surface area contributed by atoms with Gasteiger partial charge in [0.1, 0.15) is 0 Å². The monoisotopic (exact) mass is 559 g/mol. The van der Waals surface area contributed by atoms with Gasteiger partial charge in [0.15, 0.2) is 23.0 Å². The first-order chi connectivity index (χ1) is 19.9. The largest absolute Gasteiger partial charge is 0.493 e. The van der Waals surface area contributed by atoms with Crippen LogP contribution in [0.25, 0.3) is 0 Å². The number of piperazine rings is 1. The summed E-state index contributed by atoms with van der Waals surface area (Å²) >= 11 is 0. The number of rotatable bonds is 8. The third kappa shape index (κ3) is 5.41. The maximum Gasteiger partial charge on any atom is 0.254 e. The van der Waals surface area contributed by atoms with Crippen molar-refractivity contribution in [2.24, 2.45) is 0 Å². The molecule has 1 saturated heterocycles. The number of nitrogens with zero attached hydrogens (tertiary/aromatic N) is 3. The molecular weight excluding hydrogens is 522 g/mol. The number of carbonyl (C=O) groups is 2. The molecule has 41 heavy (non-hydrogen) atoms. The minimum atomic E-state index is -0.661. The van der Waals surface area contributed by atoms with Gasteiger partial charge < -0.3 is 28.7 Å². The zero-order chi connectivity index (χ0) is 29.1. The van der Waals surface area contributed by atoms with Crippen LogP contribution < -0.4 is 18.9 Å². The topological polar surface area (TPSA) is 80.8 Å². The average Bonchev–Trinajstić information content (AvgIpc) is 3.02. The molecule has 0 aliphatic carbocycles. The quantitative estimate of drug-likeness (QED) is 0.413. The first-order valence-corrected chi connectivity index (χ1v) is 13.7. The number of benzene rings is 3. The van der Waals surface area contributed by atoms with Crippen LogP contribution in [0.3, 0.4) is 0 Å². The third-order valence-electron chi connectivity index (χ3n) is 8.12. The van der Waals surface area contributed by atoms with Gasteiger partial charge in [0.25, 0.3) is 5.91 Å². The fourth-order valence-electron chi connectivity index (χ4n) is 5.93. The van der Waals surface area contributed by atoms with Gasteiger partial charge in [-0.3, -0.25) is 14.5 Å². The van der Waals surface area contributed by atoms with Crippen molar-refractivity contribution < 1.29 is 28.5 Å². The Kier molecular flexibility index (Phi) is 8.35. The predicted molar refractivity (Wildman–Crippen MR) is 155 cm³/mol. The average molecular weight is 560 g/mol. The molecule has 2 heterocycles. The van der Waals surface area contributed by atoms with E-state index in [1.807, 2.05) is 35.2 Å². The van der Waals surface area contributed by atoms with E-state index in [1.165, 1.54) is 12.7 Å². The highest BCUT2D eigenvalue weighted by Gasteiger charge is 2.45. The summed E-state index contributed by atoms with van der Waals surface area (Å²) in [5, 5.41) is 0. The highest BCUT2D eigenvalue weighted by Crippen LogP contribution is 2.47. The highest BCUT2D eigenvalue weighted by atomic mass is 16.5. The van der Waals surface area contributed by atoms with Gasteiger partial charge in [-0.05, 0) is 41.0 Å². The Bertz CT molecular complexity index is 1400. The summed E-state index contributed by atoms with van der Waals surface area (Å²) in [7, 11) is 7.97. The van der Waals surface area contributed by atoms with Gasteiger partial charge in [-0.25, -0.2) is 0 Å². The lowest BCUT2D eigenvalue weighted by atomic mass is 9.78. The maximum atomic E-state index is 14.5. The second-order valence-corrected chi connectivity index (χ2v) is 10.3. The number of hydrogen-bond donors (Lipinski definition) is 0. The summed E-state index contributed by atoms with van der Waals surface area (Å²) in [6.07, 6.45) is 0. The van der Waals surface area contributed by atoms with E-state index in [0.717, 1.165) is 25.2 Å². The van der Waals surface area contributed by atoms with Crippen molar-refractivity contribution in [1.82, 2.24) is 14.7 Å². The molecular formula is C32H37N3O6. The molecule has 2 amide bonds. The molecule has 0 N–H and O–H groups in total. The summed E-state index contributed by atoms with van der Waals surface area (Å²) in [4.78, 5) is 34.2. The third-order valence-corrected chi connectivity index (χ3v) is 8.12. The second-order valence-electron chi connectivity index (χ2n) is 10.3. The summed E-state index contributed by atoms with van der Waals surface area (Å²) in [6, 6.07) is 18.8. The molecule has 216 valence electrons. The first-order valence-electron chi connectivity index (χ1n) is 13.7. The molecule has 9 heteroatoms. The number of hydrogen-bond acceptors (Lipinski definition) is 7. The standard InChI is InChI=1S/C32H37N3O6/c1-33-30(22-11-12-25(38-2)26(17-22)39-3)29(23-18-27(40-4)28(41-5)19-24(23)31(33)36)32(37)35-15-13-34(14-16-35)20-21-9-7-6-8-10-21/h6-12,17-19,29-30H,13-16,20H2,1-5H3/t29-,30+/m0/s1. The van der Waals surface area contributed by atoms with Crippen LogP contribution in [0.2, 0.25) is 0 Å². The van der Waals surface area contributed by atoms with Crippen LogP contribution in [0.15, 0.2) is 60.7 Å². The molecule has 2 aliphatic rings. The Hall–Kier alpha value is -4.24. The van der Waals surface area contributed by atoms with E-state index in [0.29, 0.717) is 47.2 Å². The molecule has 2 atom stereocenters. The number of likely N-dealkylation sites (N-methyl/N-ethyl adjacent to an activating group) is 1. The molecule has 0 saturated carbocycles. The maximum absolute atomic E-state index is 14.5.